The van der Waals surface area contributed by atoms with Gasteiger partial charge in [-0.05, 0) is 76.2 Å². The highest BCUT2D eigenvalue weighted by molar-refractivity contribution is 8.08. The summed E-state index contributed by atoms with van der Waals surface area (Å²) in [6.07, 6.45) is 4.20. The summed E-state index contributed by atoms with van der Waals surface area (Å²) in [5, 5.41) is 1.26. The summed E-state index contributed by atoms with van der Waals surface area (Å²) in [6, 6.07) is 17.9. The molecule has 0 bridgehead atoms. The number of ether oxygens (including phenoxy) is 2. The number of amides is 2. The third kappa shape index (κ3) is 7.00. The van der Waals surface area contributed by atoms with Crippen molar-refractivity contribution in [3.63, 3.8) is 0 Å². The Morgan fingerprint density at radius 3 is 1.84 bits per heavy atom. The topological polar surface area (TPSA) is 81.6 Å². The first-order chi connectivity index (χ1) is 17.7. The quantitative estimate of drug-likeness (QED) is 0.272. The maximum atomic E-state index is 13.5. The van der Waals surface area contributed by atoms with Gasteiger partial charge >= 0.3 is 0 Å². The lowest BCUT2D eigenvalue weighted by Crippen LogP contribution is -2.31. The number of carbonyl (C=O) groups excluding carboxylic acids is 2. The highest BCUT2D eigenvalue weighted by Gasteiger charge is 2.41. The van der Waals surface area contributed by atoms with Crippen LogP contribution < -0.4 is 9.64 Å². The van der Waals surface area contributed by atoms with Crippen LogP contribution in [0, 0.1) is 0 Å². The number of carbonyl (C=O) groups is 2. The molecule has 4 rings (SSSR count). The number of anilines is 1. The van der Waals surface area contributed by atoms with E-state index in [1.165, 1.54) is 28.4 Å². The zero-order chi connectivity index (χ0) is 26.4. The highest BCUT2D eigenvalue weighted by Crippen LogP contribution is 2.43. The van der Waals surface area contributed by atoms with E-state index in [2.05, 4.69) is 9.97 Å². The average molecular weight is 536 g/mol. The molecule has 0 saturated carbocycles. The third-order valence-electron chi connectivity index (χ3n) is 5.33. The van der Waals surface area contributed by atoms with Crippen molar-refractivity contribution in [1.82, 2.24) is 9.97 Å². The monoisotopic (exact) mass is 535 g/mol. The molecular formula is C28H29N3O4S2. The minimum absolute atomic E-state index is 0.167. The summed E-state index contributed by atoms with van der Waals surface area (Å²) in [4.78, 5) is 37.5. The van der Waals surface area contributed by atoms with Gasteiger partial charge in [0, 0.05) is 18.8 Å². The van der Waals surface area contributed by atoms with Gasteiger partial charge in [0.1, 0.15) is 21.4 Å². The summed E-state index contributed by atoms with van der Waals surface area (Å²) < 4.78 is 11.8. The number of hydrogen-bond acceptors (Lipinski definition) is 8. The Balaban J connectivity index is 1.54. The first-order valence-corrected chi connectivity index (χ1v) is 13.6. The lowest BCUT2D eigenvalue weighted by molar-refractivity contribution is -0.120. The second-order valence-corrected chi connectivity index (χ2v) is 11.2. The molecule has 192 valence electrons. The van der Waals surface area contributed by atoms with E-state index in [0.717, 1.165) is 6.42 Å². The van der Waals surface area contributed by atoms with Gasteiger partial charge in [-0.1, -0.05) is 35.7 Å². The Morgan fingerprint density at radius 1 is 0.838 bits per heavy atom. The summed E-state index contributed by atoms with van der Waals surface area (Å²) >= 11 is 2.36. The highest BCUT2D eigenvalue weighted by atomic mass is 32.2. The van der Waals surface area contributed by atoms with E-state index < -0.39 is 5.60 Å². The Kier molecular flexibility index (Phi) is 8.68. The molecule has 2 aromatic heterocycles. The molecule has 0 radical (unpaired) electrons. The van der Waals surface area contributed by atoms with Crippen molar-refractivity contribution >= 4 is 41.0 Å². The number of nitrogens with zero attached hydrogens (tertiary/aromatic N) is 3. The van der Waals surface area contributed by atoms with Crippen molar-refractivity contribution in [3.05, 3.63) is 82.9 Å². The van der Waals surface area contributed by atoms with Gasteiger partial charge in [0.05, 0.1) is 28.2 Å². The first-order valence-electron chi connectivity index (χ1n) is 11.9. The number of hydrogen-bond donors (Lipinski definition) is 0. The summed E-state index contributed by atoms with van der Waals surface area (Å²) in [6.45, 7) is 8.61. The molecule has 9 heteroatoms. The predicted molar refractivity (Wildman–Crippen MR) is 147 cm³/mol. The molecule has 1 aliphatic heterocycles. The largest absolute Gasteiger partial charge is 0.488 e. The smallest absolute Gasteiger partial charge is 0.273 e. The Morgan fingerprint density at radius 2 is 1.38 bits per heavy atom. The second-order valence-electron chi connectivity index (χ2n) is 9.17. The zero-order valence-corrected chi connectivity index (χ0v) is 22.8. The van der Waals surface area contributed by atoms with Gasteiger partial charge in [-0.2, -0.15) is 0 Å². The summed E-state index contributed by atoms with van der Waals surface area (Å²) in [5.74, 6) is -0.130. The summed E-state index contributed by atoms with van der Waals surface area (Å²) in [7, 11) is 0. The van der Waals surface area contributed by atoms with Crippen molar-refractivity contribution in [2.75, 3.05) is 11.5 Å². The van der Waals surface area contributed by atoms with Crippen molar-refractivity contribution in [2.24, 2.45) is 0 Å². The van der Waals surface area contributed by atoms with E-state index in [1.807, 2.05) is 39.8 Å². The molecule has 0 unspecified atom stereocenters. The second kappa shape index (κ2) is 11.9. The number of thioether (sulfide) groups is 2. The molecule has 0 spiro atoms. The van der Waals surface area contributed by atoms with E-state index >= 15 is 0 Å². The number of pyridine rings is 2. The van der Waals surface area contributed by atoms with Gasteiger partial charge < -0.3 is 9.47 Å². The molecular weight excluding hydrogens is 506 g/mol. The third-order valence-corrected chi connectivity index (χ3v) is 7.53. The number of aromatic nitrogens is 2. The maximum Gasteiger partial charge on any atom is 0.273 e. The molecule has 0 saturated heterocycles. The molecule has 3 aromatic rings. The van der Waals surface area contributed by atoms with Crippen LogP contribution in [0.2, 0.25) is 0 Å². The van der Waals surface area contributed by atoms with Crippen molar-refractivity contribution in [2.45, 2.75) is 55.9 Å². The van der Waals surface area contributed by atoms with Crippen LogP contribution in [0.5, 0.6) is 5.75 Å². The molecule has 0 aliphatic carbocycles. The molecule has 0 fully saturated rings. The van der Waals surface area contributed by atoms with Crippen molar-refractivity contribution in [3.8, 4) is 5.75 Å². The molecule has 1 aromatic carbocycles. The van der Waals surface area contributed by atoms with Gasteiger partial charge in [0.25, 0.3) is 11.8 Å². The molecule has 3 heterocycles. The molecule has 7 nitrogen and oxygen atoms in total. The first kappa shape index (κ1) is 26.9. The molecule has 0 atom stereocenters. The SMILES string of the molecule is CC(C)OCCC(C)(C)Oc1ccc(N2C(=O)C(Sc3ccccn3)=C(Sc3ccccn3)C2=O)cc1. The van der Waals surface area contributed by atoms with Gasteiger partial charge in [-0.15, -0.1) is 0 Å². The fourth-order valence-corrected chi connectivity index (χ4v) is 5.41. The van der Waals surface area contributed by atoms with Gasteiger partial charge in [0.2, 0.25) is 0 Å². The maximum absolute atomic E-state index is 13.5. The molecule has 37 heavy (non-hydrogen) atoms. The minimum atomic E-state index is -0.434. The van der Waals surface area contributed by atoms with Crippen LogP contribution in [-0.2, 0) is 14.3 Å². The van der Waals surface area contributed by atoms with Gasteiger partial charge in [0.15, 0.2) is 0 Å². The van der Waals surface area contributed by atoms with Crippen LogP contribution in [0.3, 0.4) is 0 Å². The Hall–Kier alpha value is -3.14. The van der Waals surface area contributed by atoms with E-state index in [-0.39, 0.29) is 17.9 Å². The lowest BCUT2D eigenvalue weighted by atomic mass is 10.1. The predicted octanol–water partition coefficient (Wildman–Crippen LogP) is 6.12. The number of benzene rings is 1. The lowest BCUT2D eigenvalue weighted by Gasteiger charge is -2.27. The van der Waals surface area contributed by atoms with Gasteiger partial charge in [-0.3, -0.25) is 9.59 Å². The van der Waals surface area contributed by atoms with E-state index in [1.54, 1.807) is 60.9 Å². The van der Waals surface area contributed by atoms with Crippen LogP contribution in [0.15, 0.2) is 92.9 Å². The molecule has 2 amide bonds. The number of rotatable bonds is 11. The van der Waals surface area contributed by atoms with E-state index in [4.69, 9.17) is 9.47 Å². The van der Waals surface area contributed by atoms with Crippen LogP contribution >= 0.6 is 23.5 Å². The average Bonchev–Trinajstić information content (AvgIpc) is 3.09. The van der Waals surface area contributed by atoms with Crippen molar-refractivity contribution < 1.29 is 19.1 Å². The fourth-order valence-electron chi connectivity index (χ4n) is 3.50. The molecule has 1 aliphatic rings. The summed E-state index contributed by atoms with van der Waals surface area (Å²) in [5.41, 5.74) is 0.0370. The van der Waals surface area contributed by atoms with Gasteiger partial charge in [-0.25, -0.2) is 14.9 Å². The minimum Gasteiger partial charge on any atom is -0.488 e. The molecule has 0 N–H and O–H groups in total. The zero-order valence-electron chi connectivity index (χ0n) is 21.2. The Bertz CT molecular complexity index is 1200. The standard InChI is InChI=1S/C28H29N3O4S2/c1-19(2)34-18-15-28(3,4)35-21-13-11-20(12-14-21)31-26(32)24(36-22-9-5-7-16-29-22)25(27(31)33)37-23-10-6-8-17-30-23/h5-14,16-17,19H,15,18H2,1-4H3. The van der Waals surface area contributed by atoms with Crippen LogP contribution in [0.1, 0.15) is 34.1 Å². The van der Waals surface area contributed by atoms with Crippen LogP contribution in [0.25, 0.3) is 0 Å². The fraction of sp³-hybridized carbons (Fsp3) is 0.286. The van der Waals surface area contributed by atoms with Crippen molar-refractivity contribution in [1.29, 1.82) is 0 Å². The van der Waals surface area contributed by atoms with Crippen LogP contribution in [0.4, 0.5) is 5.69 Å². The Labute approximate surface area is 225 Å². The normalized spacial score (nSPS) is 14.1. The van der Waals surface area contributed by atoms with E-state index in [9.17, 15) is 9.59 Å². The number of imide groups is 1. The van der Waals surface area contributed by atoms with E-state index in [0.29, 0.717) is 37.9 Å². The van der Waals surface area contributed by atoms with Crippen LogP contribution in [-0.4, -0.2) is 40.1 Å².